The van der Waals surface area contributed by atoms with Gasteiger partial charge in [0.15, 0.2) is 11.5 Å². The van der Waals surface area contributed by atoms with Gasteiger partial charge in [0, 0.05) is 34.8 Å². The van der Waals surface area contributed by atoms with Crippen LogP contribution in [-0.4, -0.2) is 26.0 Å². The van der Waals surface area contributed by atoms with Crippen molar-refractivity contribution in [3.63, 3.8) is 0 Å². The number of nitrogens with two attached hydrogens (primary N) is 1. The highest BCUT2D eigenvalue weighted by molar-refractivity contribution is 5.98. The molecule has 0 radical (unpaired) electrons. The van der Waals surface area contributed by atoms with Crippen LogP contribution in [0.15, 0.2) is 85.1 Å². The zero-order chi connectivity index (χ0) is 24.4. The largest absolute Gasteiger partial charge is 0.508 e. The number of aryl methyl sites for hydroxylation is 1. The number of phenolic OH excluding ortho intramolecular Hbond substituents is 1. The molecule has 0 saturated carbocycles. The molecule has 2 heterocycles. The van der Waals surface area contributed by atoms with Crippen LogP contribution in [0.5, 0.6) is 5.75 Å². The Bertz CT molecular complexity index is 1550. The van der Waals surface area contributed by atoms with Crippen LogP contribution in [0.1, 0.15) is 21.6 Å². The van der Waals surface area contributed by atoms with Crippen molar-refractivity contribution < 1.29 is 9.90 Å². The molecule has 1 amide bonds. The number of hydrogen-bond donors (Lipinski definition) is 3. The summed E-state index contributed by atoms with van der Waals surface area (Å²) in [5.74, 6) is -0.333. The molecule has 0 fully saturated rings. The first-order valence-electron chi connectivity index (χ1n) is 11.1. The lowest BCUT2D eigenvalue weighted by molar-refractivity contribution is 0.0946. The van der Waals surface area contributed by atoms with Gasteiger partial charge < -0.3 is 16.2 Å². The predicted molar refractivity (Wildman–Crippen MR) is 137 cm³/mol. The second kappa shape index (κ2) is 9.23. The molecule has 0 atom stereocenters. The third-order valence-corrected chi connectivity index (χ3v) is 5.74. The smallest absolute Gasteiger partial charge is 0.274 e. The van der Waals surface area contributed by atoms with Crippen molar-refractivity contribution in [3.05, 3.63) is 102 Å². The molecule has 5 aromatic rings. The van der Waals surface area contributed by atoms with Crippen molar-refractivity contribution in [3.8, 4) is 28.3 Å². The summed E-state index contributed by atoms with van der Waals surface area (Å²) >= 11 is 0. The van der Waals surface area contributed by atoms with Crippen molar-refractivity contribution >= 4 is 22.6 Å². The molecule has 5 rings (SSSR count). The number of fused-ring (bicyclic) bond motifs is 1. The van der Waals surface area contributed by atoms with E-state index in [4.69, 9.17) is 10.7 Å². The van der Waals surface area contributed by atoms with E-state index >= 15 is 0 Å². The summed E-state index contributed by atoms with van der Waals surface area (Å²) in [6, 6.07) is 24.5. The van der Waals surface area contributed by atoms with Gasteiger partial charge in [-0.1, -0.05) is 60.2 Å². The third-order valence-electron chi connectivity index (χ3n) is 5.74. The van der Waals surface area contributed by atoms with Gasteiger partial charge in [-0.25, -0.2) is 9.97 Å². The molecular formula is C28H23N5O2. The first-order chi connectivity index (χ1) is 17.0. The van der Waals surface area contributed by atoms with Crippen molar-refractivity contribution in [2.24, 2.45) is 0 Å². The van der Waals surface area contributed by atoms with Crippen LogP contribution >= 0.6 is 0 Å². The number of nitrogens with one attached hydrogen (secondary N) is 1. The van der Waals surface area contributed by atoms with Gasteiger partial charge in [0.05, 0.1) is 16.9 Å². The van der Waals surface area contributed by atoms with E-state index in [0.717, 1.165) is 27.6 Å². The predicted octanol–water partition coefficient (Wildman–Crippen LogP) is 4.89. The Hall–Kier alpha value is -4.78. The monoisotopic (exact) mass is 461 g/mol. The lowest BCUT2D eigenvalue weighted by Crippen LogP contribution is -2.26. The number of nitrogens with zero attached hydrogens (tertiary/aromatic N) is 3. The highest BCUT2D eigenvalue weighted by Crippen LogP contribution is 2.32. The molecule has 172 valence electrons. The summed E-state index contributed by atoms with van der Waals surface area (Å²) in [6.07, 6.45) is 1.74. The topological polar surface area (TPSA) is 114 Å². The lowest BCUT2D eigenvalue weighted by atomic mass is 10.0. The summed E-state index contributed by atoms with van der Waals surface area (Å²) < 4.78 is 0. The van der Waals surface area contributed by atoms with Gasteiger partial charge in [0.25, 0.3) is 5.91 Å². The fourth-order valence-corrected chi connectivity index (χ4v) is 3.95. The minimum absolute atomic E-state index is 0.0260. The normalized spacial score (nSPS) is 10.9. The second-order valence-electron chi connectivity index (χ2n) is 8.25. The summed E-state index contributed by atoms with van der Waals surface area (Å²) in [7, 11) is 0. The van der Waals surface area contributed by atoms with Gasteiger partial charge in [-0.2, -0.15) is 0 Å². The molecule has 35 heavy (non-hydrogen) atoms. The number of carbonyl (C=O) groups excluding carboxylic acids is 1. The molecule has 0 aliphatic carbocycles. The van der Waals surface area contributed by atoms with Crippen LogP contribution in [0.3, 0.4) is 0 Å². The first-order valence-corrected chi connectivity index (χ1v) is 11.1. The highest BCUT2D eigenvalue weighted by atomic mass is 16.3. The van der Waals surface area contributed by atoms with E-state index in [1.807, 2.05) is 73.7 Å². The number of hydrogen-bond acceptors (Lipinski definition) is 6. The van der Waals surface area contributed by atoms with Gasteiger partial charge in [-0.05, 0) is 31.2 Å². The molecule has 0 aliphatic rings. The van der Waals surface area contributed by atoms with E-state index in [0.29, 0.717) is 17.0 Å². The molecule has 2 aromatic heterocycles. The fraction of sp³-hybridized carbons (Fsp3) is 0.0714. The molecule has 0 saturated heterocycles. The summed E-state index contributed by atoms with van der Waals surface area (Å²) in [6.45, 7) is 2.05. The molecule has 0 spiro atoms. The van der Waals surface area contributed by atoms with Gasteiger partial charge >= 0.3 is 0 Å². The van der Waals surface area contributed by atoms with Crippen LogP contribution in [-0.2, 0) is 6.54 Å². The number of aromatic hydroxyl groups is 1. The number of nitrogen functional groups attached to an aromatic ring is 1. The van der Waals surface area contributed by atoms with E-state index in [1.165, 1.54) is 0 Å². The number of benzene rings is 3. The SMILES string of the molecule is Cc1ccc(O)c(CNC(=O)c2nc(-c3ccc4ncccc4c3)c(-c3ccccc3)nc2N)c1. The molecule has 3 aromatic carbocycles. The third kappa shape index (κ3) is 4.52. The van der Waals surface area contributed by atoms with E-state index in [-0.39, 0.29) is 23.8 Å². The number of amides is 1. The maximum absolute atomic E-state index is 13.1. The highest BCUT2D eigenvalue weighted by Gasteiger charge is 2.20. The van der Waals surface area contributed by atoms with Crippen LogP contribution < -0.4 is 11.1 Å². The Balaban J connectivity index is 1.57. The zero-order valence-electron chi connectivity index (χ0n) is 19.1. The zero-order valence-corrected chi connectivity index (χ0v) is 19.1. The molecule has 7 heteroatoms. The molecule has 7 nitrogen and oxygen atoms in total. The summed E-state index contributed by atoms with van der Waals surface area (Å²) in [5, 5.41) is 13.9. The molecular weight excluding hydrogens is 438 g/mol. The molecule has 0 aliphatic heterocycles. The Kier molecular flexibility index (Phi) is 5.81. The van der Waals surface area contributed by atoms with Crippen LogP contribution in [0.2, 0.25) is 0 Å². The number of pyridine rings is 1. The number of aromatic nitrogens is 3. The maximum Gasteiger partial charge on any atom is 0.274 e. The Morgan fingerprint density at radius 2 is 1.71 bits per heavy atom. The Labute approximate surface area is 202 Å². The lowest BCUT2D eigenvalue weighted by Gasteiger charge is -2.14. The van der Waals surface area contributed by atoms with Crippen molar-refractivity contribution in [1.29, 1.82) is 0 Å². The Morgan fingerprint density at radius 1 is 0.914 bits per heavy atom. The number of rotatable bonds is 5. The summed E-state index contributed by atoms with van der Waals surface area (Å²) in [5.41, 5.74) is 11.4. The van der Waals surface area contributed by atoms with Crippen molar-refractivity contribution in [2.45, 2.75) is 13.5 Å². The van der Waals surface area contributed by atoms with Gasteiger partial charge in [-0.3, -0.25) is 9.78 Å². The van der Waals surface area contributed by atoms with Crippen molar-refractivity contribution in [2.75, 3.05) is 5.73 Å². The van der Waals surface area contributed by atoms with Crippen LogP contribution in [0.4, 0.5) is 5.82 Å². The second-order valence-corrected chi connectivity index (χ2v) is 8.25. The minimum Gasteiger partial charge on any atom is -0.508 e. The van der Waals surface area contributed by atoms with E-state index in [9.17, 15) is 9.90 Å². The Morgan fingerprint density at radius 3 is 2.54 bits per heavy atom. The minimum atomic E-state index is -0.473. The van der Waals surface area contributed by atoms with Crippen molar-refractivity contribution in [1.82, 2.24) is 20.3 Å². The van der Waals surface area contributed by atoms with Gasteiger partial charge in [0.2, 0.25) is 0 Å². The van der Waals surface area contributed by atoms with Gasteiger partial charge in [0.1, 0.15) is 5.75 Å². The van der Waals surface area contributed by atoms with E-state index < -0.39 is 5.91 Å². The first kappa shape index (κ1) is 22.0. The molecule has 0 bridgehead atoms. The van der Waals surface area contributed by atoms with Crippen LogP contribution in [0.25, 0.3) is 33.4 Å². The van der Waals surface area contributed by atoms with E-state index in [2.05, 4.69) is 15.3 Å². The van der Waals surface area contributed by atoms with Crippen LogP contribution in [0, 0.1) is 6.92 Å². The number of carbonyl (C=O) groups is 1. The summed E-state index contributed by atoms with van der Waals surface area (Å²) in [4.78, 5) is 26.8. The number of phenols is 1. The molecule has 0 unspecified atom stereocenters. The molecule has 4 N–H and O–H groups in total. The average molecular weight is 462 g/mol. The van der Waals surface area contributed by atoms with Gasteiger partial charge in [-0.15, -0.1) is 0 Å². The quantitative estimate of drug-likeness (QED) is 0.344. The standard InChI is InChI=1S/C28H23N5O2/c1-17-9-12-23(34)21(14-17)16-31-28(35)26-27(29)33-24(18-6-3-2-4-7-18)25(32-26)20-10-11-22-19(15-20)8-5-13-30-22/h2-15,34H,16H2,1H3,(H2,29,33)(H,31,35). The average Bonchev–Trinajstić information content (AvgIpc) is 2.89. The number of anilines is 1. The maximum atomic E-state index is 13.1. The fourth-order valence-electron chi connectivity index (χ4n) is 3.95. The van der Waals surface area contributed by atoms with E-state index in [1.54, 1.807) is 18.3 Å².